The Kier molecular flexibility index (Phi) is 3.43. The van der Waals surface area contributed by atoms with Gasteiger partial charge in [0.05, 0.1) is 6.04 Å². The topological polar surface area (TPSA) is 40.5 Å². The molecule has 0 spiro atoms. The van der Waals surface area contributed by atoms with Crippen molar-refractivity contribution >= 4 is 5.91 Å². The Morgan fingerprint density at radius 2 is 2.00 bits per heavy atom. The van der Waals surface area contributed by atoms with E-state index in [1.807, 2.05) is 0 Å². The first-order chi connectivity index (χ1) is 10.2. The van der Waals surface area contributed by atoms with Gasteiger partial charge in [-0.3, -0.25) is 4.79 Å². The van der Waals surface area contributed by atoms with Gasteiger partial charge < -0.3 is 10.0 Å². The third-order valence-corrected chi connectivity index (χ3v) is 4.60. The van der Waals surface area contributed by atoms with Gasteiger partial charge in [0.1, 0.15) is 5.82 Å². The lowest BCUT2D eigenvalue weighted by Crippen LogP contribution is -2.62. The Bertz CT molecular complexity index is 616. The van der Waals surface area contributed by atoms with Crippen LogP contribution < -0.4 is 0 Å². The van der Waals surface area contributed by atoms with Gasteiger partial charge in [-0.05, 0) is 36.6 Å². The zero-order chi connectivity index (χ0) is 16.1. The molecule has 1 heterocycles. The number of benzene rings is 1. The van der Waals surface area contributed by atoms with Crippen LogP contribution in [0.2, 0.25) is 0 Å². The fourth-order valence-electron chi connectivity index (χ4n) is 3.45. The second-order valence-corrected chi connectivity index (χ2v) is 5.92. The van der Waals surface area contributed by atoms with Crippen LogP contribution in [0.25, 0.3) is 0 Å². The molecule has 0 bridgehead atoms. The fourth-order valence-corrected chi connectivity index (χ4v) is 3.45. The van der Waals surface area contributed by atoms with Gasteiger partial charge >= 0.3 is 6.18 Å². The van der Waals surface area contributed by atoms with Crippen molar-refractivity contribution in [3.63, 3.8) is 0 Å². The van der Waals surface area contributed by atoms with Crippen molar-refractivity contribution in [3.05, 3.63) is 35.1 Å². The molecule has 1 N–H and O–H groups in total. The maximum atomic E-state index is 13.3. The number of carbonyl (C=O) groups excluding carboxylic acids is 1. The third kappa shape index (κ3) is 2.18. The molecule has 120 valence electrons. The van der Waals surface area contributed by atoms with E-state index in [-0.39, 0.29) is 24.9 Å². The van der Waals surface area contributed by atoms with Crippen LogP contribution in [-0.4, -0.2) is 33.7 Å². The summed E-state index contributed by atoms with van der Waals surface area (Å²) >= 11 is 0. The zero-order valence-electron chi connectivity index (χ0n) is 11.7. The summed E-state index contributed by atoms with van der Waals surface area (Å²) in [4.78, 5) is 13.4. The van der Waals surface area contributed by atoms with Gasteiger partial charge in [-0.25, -0.2) is 4.39 Å². The van der Waals surface area contributed by atoms with Gasteiger partial charge in [-0.15, -0.1) is 0 Å². The molecular formula is C15H15F4NO2. The first-order valence-corrected chi connectivity index (χ1v) is 7.12. The van der Waals surface area contributed by atoms with E-state index in [1.54, 1.807) is 0 Å². The summed E-state index contributed by atoms with van der Waals surface area (Å²) in [5.41, 5.74) is -2.33. The van der Waals surface area contributed by atoms with Crippen molar-refractivity contribution in [2.45, 2.75) is 50.0 Å². The Labute approximate surface area is 124 Å². The van der Waals surface area contributed by atoms with Crippen LogP contribution in [0.15, 0.2) is 18.2 Å². The Balaban J connectivity index is 1.95. The summed E-state index contributed by atoms with van der Waals surface area (Å²) in [7, 11) is 0. The van der Waals surface area contributed by atoms with E-state index in [0.717, 1.165) is 17.0 Å². The van der Waals surface area contributed by atoms with E-state index < -0.39 is 36.0 Å². The molecule has 2 aliphatic rings. The van der Waals surface area contributed by atoms with Crippen LogP contribution in [-0.2, 0) is 6.54 Å². The number of carbonyl (C=O) groups is 1. The minimum atomic E-state index is -4.81. The SMILES string of the molecule is O=C1c2ccc(F)cc2CN1[C@@H]1CCCC[C@]1(O)C(F)(F)F. The normalized spacial score (nSPS) is 28.9. The van der Waals surface area contributed by atoms with E-state index in [1.165, 1.54) is 6.07 Å². The van der Waals surface area contributed by atoms with Crippen LogP contribution >= 0.6 is 0 Å². The van der Waals surface area contributed by atoms with Gasteiger partial charge in [0.2, 0.25) is 0 Å². The van der Waals surface area contributed by atoms with Crippen LogP contribution in [0.5, 0.6) is 0 Å². The molecule has 3 nitrogen and oxygen atoms in total. The molecule has 3 rings (SSSR count). The number of amides is 1. The largest absolute Gasteiger partial charge is 0.419 e. The Morgan fingerprint density at radius 3 is 2.68 bits per heavy atom. The summed E-state index contributed by atoms with van der Waals surface area (Å²) < 4.78 is 53.1. The van der Waals surface area contributed by atoms with Crippen molar-refractivity contribution < 1.29 is 27.5 Å². The highest BCUT2D eigenvalue weighted by molar-refractivity contribution is 5.98. The second-order valence-electron chi connectivity index (χ2n) is 5.92. The quantitative estimate of drug-likeness (QED) is 0.809. The number of hydrogen-bond acceptors (Lipinski definition) is 2. The molecule has 1 amide bonds. The highest BCUT2D eigenvalue weighted by Crippen LogP contribution is 2.45. The second kappa shape index (κ2) is 4.94. The maximum absolute atomic E-state index is 13.3. The van der Waals surface area contributed by atoms with E-state index in [0.29, 0.717) is 12.0 Å². The van der Waals surface area contributed by atoms with Gasteiger partial charge in [-0.2, -0.15) is 13.2 Å². The van der Waals surface area contributed by atoms with Crippen LogP contribution in [0, 0.1) is 5.82 Å². The number of aliphatic hydroxyl groups is 1. The number of hydrogen-bond donors (Lipinski definition) is 1. The van der Waals surface area contributed by atoms with Crippen LogP contribution in [0.3, 0.4) is 0 Å². The summed E-state index contributed by atoms with van der Waals surface area (Å²) in [6.45, 7) is -0.102. The fraction of sp³-hybridized carbons (Fsp3) is 0.533. The smallest absolute Gasteiger partial charge is 0.379 e. The lowest BCUT2D eigenvalue weighted by molar-refractivity contribution is -0.286. The van der Waals surface area contributed by atoms with Gasteiger partial charge in [0, 0.05) is 12.1 Å². The average Bonchev–Trinajstić information content (AvgIpc) is 2.74. The predicted molar refractivity (Wildman–Crippen MR) is 69.5 cm³/mol. The van der Waals surface area contributed by atoms with E-state index >= 15 is 0 Å². The van der Waals surface area contributed by atoms with Crippen molar-refractivity contribution in [3.8, 4) is 0 Å². The van der Waals surface area contributed by atoms with E-state index in [4.69, 9.17) is 0 Å². The standard InChI is InChI=1S/C15H15F4NO2/c16-10-4-5-11-9(7-10)8-20(13(11)21)12-3-1-2-6-14(12,22)15(17,18)19/h4-5,7,12,22H,1-3,6,8H2/t12-,14-/m1/s1. The lowest BCUT2D eigenvalue weighted by atomic mass is 9.79. The van der Waals surface area contributed by atoms with Crippen molar-refractivity contribution in [2.24, 2.45) is 0 Å². The van der Waals surface area contributed by atoms with Crippen molar-refractivity contribution in [1.29, 1.82) is 0 Å². The molecule has 1 aliphatic carbocycles. The third-order valence-electron chi connectivity index (χ3n) is 4.60. The summed E-state index contributed by atoms with van der Waals surface area (Å²) in [5.74, 6) is -1.12. The van der Waals surface area contributed by atoms with Gasteiger partial charge in [-0.1, -0.05) is 12.8 Å². The summed E-state index contributed by atoms with van der Waals surface area (Å²) in [5, 5.41) is 10.2. The molecule has 0 radical (unpaired) electrons. The molecule has 0 aromatic heterocycles. The molecule has 0 unspecified atom stereocenters. The Hall–Kier alpha value is -1.63. The number of halogens is 4. The maximum Gasteiger partial charge on any atom is 0.419 e. The molecule has 22 heavy (non-hydrogen) atoms. The molecule has 2 atom stereocenters. The van der Waals surface area contributed by atoms with Crippen molar-refractivity contribution in [2.75, 3.05) is 0 Å². The minimum Gasteiger partial charge on any atom is -0.379 e. The van der Waals surface area contributed by atoms with E-state index in [9.17, 15) is 27.5 Å². The number of alkyl halides is 3. The summed E-state index contributed by atoms with van der Waals surface area (Å²) in [6, 6.07) is 2.21. The highest BCUT2D eigenvalue weighted by atomic mass is 19.4. The lowest BCUT2D eigenvalue weighted by Gasteiger charge is -2.45. The molecular weight excluding hydrogens is 302 g/mol. The molecule has 1 aromatic carbocycles. The molecule has 1 fully saturated rings. The molecule has 0 saturated heterocycles. The monoisotopic (exact) mass is 317 g/mol. The predicted octanol–water partition coefficient (Wildman–Crippen LogP) is 3.02. The first kappa shape index (κ1) is 15.3. The van der Waals surface area contributed by atoms with Gasteiger partial charge in [0.25, 0.3) is 5.91 Å². The molecule has 1 aromatic rings. The number of rotatable bonds is 1. The van der Waals surface area contributed by atoms with Gasteiger partial charge in [0.15, 0.2) is 5.60 Å². The highest BCUT2D eigenvalue weighted by Gasteiger charge is 2.61. The molecule has 1 aliphatic heterocycles. The number of nitrogens with zero attached hydrogens (tertiary/aromatic N) is 1. The van der Waals surface area contributed by atoms with Crippen LogP contribution in [0.1, 0.15) is 41.6 Å². The van der Waals surface area contributed by atoms with Crippen molar-refractivity contribution in [1.82, 2.24) is 4.90 Å². The zero-order valence-corrected chi connectivity index (χ0v) is 11.7. The average molecular weight is 317 g/mol. The molecule has 7 heteroatoms. The summed E-state index contributed by atoms with van der Waals surface area (Å²) in [6.07, 6.45) is -4.38. The first-order valence-electron chi connectivity index (χ1n) is 7.12. The van der Waals surface area contributed by atoms with Crippen LogP contribution in [0.4, 0.5) is 17.6 Å². The Morgan fingerprint density at radius 1 is 1.27 bits per heavy atom. The minimum absolute atomic E-state index is 0.0816. The number of fused-ring (bicyclic) bond motifs is 1. The molecule has 1 saturated carbocycles. The van der Waals surface area contributed by atoms with E-state index in [2.05, 4.69) is 0 Å².